The molecule has 1 aromatic heterocycles. The number of carbonyl (C=O) groups excluding carboxylic acids is 2. The number of likely N-dealkylation sites (tertiary alicyclic amines) is 1. The first-order valence-corrected chi connectivity index (χ1v) is 16.3. The molecule has 8 nitrogen and oxygen atoms in total. The molecule has 2 aromatic rings. The van der Waals surface area contributed by atoms with E-state index >= 15 is 0 Å². The Balaban J connectivity index is 1.43. The lowest BCUT2D eigenvalue weighted by Crippen LogP contribution is -2.62. The molecule has 0 bridgehead atoms. The second-order valence-corrected chi connectivity index (χ2v) is 13.8. The monoisotopic (exact) mass is 590 g/mol. The number of hydrogen-bond acceptors (Lipinski definition) is 5. The Morgan fingerprint density at radius 1 is 1.05 bits per heavy atom. The molecule has 234 valence electrons. The van der Waals surface area contributed by atoms with Gasteiger partial charge in [0.15, 0.2) is 0 Å². The standard InChI is InChI=1S/C35H50N4O4/c1-25(19-26-11-5-4-6-12-26)32(41)38-18-17-35(43,34(23-38)15-9-10-16-34)24-39-22-30(33(42)37(2)3)29(20-31(39)40)28-14-8-7-13-27(28)21-36/h7-8,13-14,20,22,25-26,43H,4-6,9-12,15-19,21,23-24,36H2,1-3H3. The minimum atomic E-state index is -1.16. The van der Waals surface area contributed by atoms with Gasteiger partial charge in [0.1, 0.15) is 0 Å². The number of rotatable bonds is 8. The van der Waals surface area contributed by atoms with Gasteiger partial charge in [-0.25, -0.2) is 0 Å². The zero-order valence-corrected chi connectivity index (χ0v) is 26.3. The predicted octanol–water partition coefficient (Wildman–Crippen LogP) is 4.81. The molecule has 5 rings (SSSR count). The third-order valence-corrected chi connectivity index (χ3v) is 10.7. The summed E-state index contributed by atoms with van der Waals surface area (Å²) in [5.41, 5.74) is 6.68. The fourth-order valence-corrected chi connectivity index (χ4v) is 8.20. The summed E-state index contributed by atoms with van der Waals surface area (Å²) in [5.74, 6) is 0.614. The van der Waals surface area contributed by atoms with Gasteiger partial charge in [-0.3, -0.25) is 14.4 Å². The molecule has 2 heterocycles. The number of benzene rings is 1. The number of hydrogen-bond donors (Lipinski definition) is 2. The van der Waals surface area contributed by atoms with E-state index in [1.807, 2.05) is 29.2 Å². The van der Waals surface area contributed by atoms with Gasteiger partial charge in [0.05, 0.1) is 17.7 Å². The predicted molar refractivity (Wildman–Crippen MR) is 169 cm³/mol. The SMILES string of the molecule is CC(CC1CCCCC1)C(=O)N1CCC(O)(Cn2cc(C(=O)N(C)C)c(-c3ccccc3CN)cc2=O)C2(CCCC2)C1. The summed E-state index contributed by atoms with van der Waals surface area (Å²) >= 11 is 0. The van der Waals surface area contributed by atoms with Crippen molar-refractivity contribution in [2.75, 3.05) is 27.2 Å². The number of piperidine rings is 1. The van der Waals surface area contributed by atoms with E-state index in [9.17, 15) is 19.5 Å². The topological polar surface area (TPSA) is 109 Å². The second-order valence-electron chi connectivity index (χ2n) is 13.8. The van der Waals surface area contributed by atoms with Crippen LogP contribution in [0.25, 0.3) is 11.1 Å². The van der Waals surface area contributed by atoms with Gasteiger partial charge >= 0.3 is 0 Å². The number of aliphatic hydroxyl groups is 1. The first-order valence-electron chi connectivity index (χ1n) is 16.3. The molecular formula is C35H50N4O4. The zero-order valence-electron chi connectivity index (χ0n) is 26.3. The van der Waals surface area contributed by atoms with E-state index in [1.54, 1.807) is 20.3 Å². The van der Waals surface area contributed by atoms with E-state index < -0.39 is 11.0 Å². The Hall–Kier alpha value is -2.97. The summed E-state index contributed by atoms with van der Waals surface area (Å²) in [4.78, 5) is 44.3. The quantitative estimate of drug-likeness (QED) is 0.459. The lowest BCUT2D eigenvalue weighted by atomic mass is 9.65. The van der Waals surface area contributed by atoms with Crippen molar-refractivity contribution in [3.8, 4) is 11.1 Å². The maximum absolute atomic E-state index is 13.7. The van der Waals surface area contributed by atoms with Crippen molar-refractivity contribution in [2.45, 2.75) is 96.2 Å². The normalized spacial score (nSPS) is 23.0. The van der Waals surface area contributed by atoms with Crippen LogP contribution in [-0.4, -0.2) is 64.1 Å². The molecule has 1 aromatic carbocycles. The van der Waals surface area contributed by atoms with Crippen LogP contribution in [0.1, 0.15) is 93.5 Å². The number of nitrogens with zero attached hydrogens (tertiary/aromatic N) is 3. The lowest BCUT2D eigenvalue weighted by molar-refractivity contribution is -0.163. The summed E-state index contributed by atoms with van der Waals surface area (Å²) in [7, 11) is 3.39. The first kappa shape index (κ1) is 31.5. The van der Waals surface area contributed by atoms with Gasteiger partial charge in [-0.2, -0.15) is 0 Å². The molecule has 1 saturated heterocycles. The van der Waals surface area contributed by atoms with E-state index in [0.717, 1.165) is 43.2 Å². The molecule has 3 N–H and O–H groups in total. The first-order chi connectivity index (χ1) is 20.6. The van der Waals surface area contributed by atoms with Gasteiger partial charge in [-0.1, -0.05) is 76.1 Å². The number of nitrogens with two attached hydrogens (primary N) is 1. The Bertz CT molecular complexity index is 1370. The van der Waals surface area contributed by atoms with Crippen LogP contribution in [0.2, 0.25) is 0 Å². The fourth-order valence-electron chi connectivity index (χ4n) is 8.20. The number of amides is 2. The minimum absolute atomic E-state index is 0.0149. The summed E-state index contributed by atoms with van der Waals surface area (Å²) in [6.45, 7) is 3.46. The van der Waals surface area contributed by atoms with Crippen LogP contribution < -0.4 is 11.3 Å². The molecule has 8 heteroatoms. The van der Waals surface area contributed by atoms with Crippen molar-refractivity contribution in [3.05, 3.63) is 58.0 Å². The largest absolute Gasteiger partial charge is 0.387 e. The van der Waals surface area contributed by atoms with E-state index in [-0.39, 0.29) is 36.4 Å². The van der Waals surface area contributed by atoms with E-state index in [4.69, 9.17) is 5.73 Å². The summed E-state index contributed by atoms with van der Waals surface area (Å²) in [6, 6.07) is 9.08. The van der Waals surface area contributed by atoms with Crippen molar-refractivity contribution in [1.29, 1.82) is 0 Å². The molecule has 0 radical (unpaired) electrons. The van der Waals surface area contributed by atoms with Crippen LogP contribution >= 0.6 is 0 Å². The molecule has 2 atom stereocenters. The fraction of sp³-hybridized carbons (Fsp3) is 0.629. The Morgan fingerprint density at radius 2 is 1.74 bits per heavy atom. The smallest absolute Gasteiger partial charge is 0.255 e. The maximum atomic E-state index is 13.7. The van der Waals surface area contributed by atoms with E-state index in [1.165, 1.54) is 47.6 Å². The molecule has 2 unspecified atom stereocenters. The van der Waals surface area contributed by atoms with Gasteiger partial charge in [-0.15, -0.1) is 0 Å². The maximum Gasteiger partial charge on any atom is 0.255 e. The third kappa shape index (κ3) is 6.32. The highest BCUT2D eigenvalue weighted by Gasteiger charge is 2.55. The van der Waals surface area contributed by atoms with Gasteiger partial charge in [0, 0.05) is 62.9 Å². The van der Waals surface area contributed by atoms with E-state index in [0.29, 0.717) is 36.6 Å². The van der Waals surface area contributed by atoms with Crippen LogP contribution in [0.15, 0.2) is 41.3 Å². The lowest BCUT2D eigenvalue weighted by Gasteiger charge is -2.53. The van der Waals surface area contributed by atoms with Crippen molar-refractivity contribution < 1.29 is 14.7 Å². The molecule has 3 fully saturated rings. The second kappa shape index (κ2) is 12.9. The molecule has 1 spiro atoms. The number of aromatic nitrogens is 1. The Morgan fingerprint density at radius 3 is 2.42 bits per heavy atom. The summed E-state index contributed by atoms with van der Waals surface area (Å²) < 4.78 is 1.52. The van der Waals surface area contributed by atoms with Gasteiger partial charge in [-0.05, 0) is 42.7 Å². The molecular weight excluding hydrogens is 540 g/mol. The molecule has 2 saturated carbocycles. The molecule has 43 heavy (non-hydrogen) atoms. The minimum Gasteiger partial charge on any atom is -0.387 e. The average molecular weight is 591 g/mol. The van der Waals surface area contributed by atoms with Crippen molar-refractivity contribution >= 4 is 11.8 Å². The molecule has 3 aliphatic rings. The van der Waals surface area contributed by atoms with Crippen LogP contribution in [0.3, 0.4) is 0 Å². The van der Waals surface area contributed by atoms with Gasteiger partial charge in [0.25, 0.3) is 11.5 Å². The van der Waals surface area contributed by atoms with E-state index in [2.05, 4.69) is 6.92 Å². The highest BCUT2D eigenvalue weighted by molar-refractivity contribution is 6.00. The Kier molecular flexibility index (Phi) is 9.47. The molecule has 2 amide bonds. The number of pyridine rings is 1. The van der Waals surface area contributed by atoms with Crippen LogP contribution in [0.5, 0.6) is 0 Å². The van der Waals surface area contributed by atoms with Crippen LogP contribution in [0, 0.1) is 17.3 Å². The summed E-state index contributed by atoms with van der Waals surface area (Å²) in [5, 5.41) is 12.4. The van der Waals surface area contributed by atoms with Crippen molar-refractivity contribution in [3.63, 3.8) is 0 Å². The van der Waals surface area contributed by atoms with Crippen LogP contribution in [-0.2, 0) is 17.9 Å². The van der Waals surface area contributed by atoms with Gasteiger partial charge in [0.2, 0.25) is 5.91 Å². The van der Waals surface area contributed by atoms with Crippen molar-refractivity contribution in [2.24, 2.45) is 23.0 Å². The van der Waals surface area contributed by atoms with Crippen molar-refractivity contribution in [1.82, 2.24) is 14.4 Å². The third-order valence-electron chi connectivity index (χ3n) is 10.7. The Labute approximate surface area is 256 Å². The average Bonchev–Trinajstić information content (AvgIpc) is 3.49. The summed E-state index contributed by atoms with van der Waals surface area (Å²) in [6.07, 6.45) is 12.9. The van der Waals surface area contributed by atoms with Crippen LogP contribution in [0.4, 0.5) is 0 Å². The number of carbonyl (C=O) groups is 2. The van der Waals surface area contributed by atoms with Gasteiger partial charge < -0.3 is 25.2 Å². The zero-order chi connectivity index (χ0) is 30.8. The molecule has 2 aliphatic carbocycles. The highest BCUT2D eigenvalue weighted by atomic mass is 16.3. The highest BCUT2D eigenvalue weighted by Crippen LogP contribution is 2.52. The molecule has 1 aliphatic heterocycles.